The second-order valence-corrected chi connectivity index (χ2v) is 6.47. The van der Waals surface area contributed by atoms with Gasteiger partial charge in [-0.1, -0.05) is 43.2 Å². The van der Waals surface area contributed by atoms with Gasteiger partial charge in [-0.2, -0.15) is 10.1 Å². The van der Waals surface area contributed by atoms with Crippen molar-refractivity contribution in [1.29, 1.82) is 0 Å². The predicted octanol–water partition coefficient (Wildman–Crippen LogP) is 3.64. The third-order valence-corrected chi connectivity index (χ3v) is 4.35. The van der Waals surface area contributed by atoms with Crippen molar-refractivity contribution >= 4 is 11.8 Å². The monoisotopic (exact) mass is 311 g/mol. The first-order chi connectivity index (χ1) is 11.2. The van der Waals surface area contributed by atoms with Crippen LogP contribution in [-0.4, -0.2) is 27.3 Å². The molecule has 5 nitrogen and oxygen atoms in total. The molecule has 0 radical (unpaired) electrons. The molecule has 0 unspecified atom stereocenters. The summed E-state index contributed by atoms with van der Waals surface area (Å²) in [6, 6.07) is 11.3. The molecule has 23 heavy (non-hydrogen) atoms. The van der Waals surface area contributed by atoms with Crippen LogP contribution in [0, 0.1) is 0 Å². The van der Waals surface area contributed by atoms with Crippen molar-refractivity contribution in [2.45, 2.75) is 58.2 Å². The van der Waals surface area contributed by atoms with Gasteiger partial charge in [0.2, 0.25) is 5.95 Å². The van der Waals surface area contributed by atoms with Crippen molar-refractivity contribution in [3.05, 3.63) is 42.1 Å². The van der Waals surface area contributed by atoms with E-state index in [2.05, 4.69) is 58.5 Å². The second-order valence-electron chi connectivity index (χ2n) is 6.47. The normalized spacial score (nSPS) is 15.1. The van der Waals surface area contributed by atoms with Gasteiger partial charge in [-0.15, -0.1) is 5.10 Å². The highest BCUT2D eigenvalue weighted by molar-refractivity contribution is 5.42. The Bertz CT molecular complexity index is 608. The Labute approximate surface area is 138 Å². The van der Waals surface area contributed by atoms with E-state index in [0.717, 1.165) is 12.4 Å². The largest absolute Gasteiger partial charge is 0.350 e. The van der Waals surface area contributed by atoms with E-state index in [1.165, 1.54) is 31.2 Å². The van der Waals surface area contributed by atoms with Crippen LogP contribution in [0.4, 0.5) is 11.8 Å². The molecule has 122 valence electrons. The minimum Gasteiger partial charge on any atom is -0.350 e. The molecule has 1 aliphatic rings. The molecule has 1 heterocycles. The number of nitrogens with zero attached hydrogens (tertiary/aromatic N) is 4. The Kier molecular flexibility index (Phi) is 5.05. The van der Waals surface area contributed by atoms with Gasteiger partial charge in [-0.25, -0.2) is 0 Å². The first-order valence-corrected chi connectivity index (χ1v) is 8.49. The Morgan fingerprint density at radius 2 is 1.91 bits per heavy atom. The number of aromatic nitrogens is 3. The van der Waals surface area contributed by atoms with Crippen molar-refractivity contribution in [2.75, 3.05) is 10.2 Å². The van der Waals surface area contributed by atoms with E-state index in [1.54, 1.807) is 6.20 Å². The van der Waals surface area contributed by atoms with Gasteiger partial charge in [0.25, 0.3) is 0 Å². The van der Waals surface area contributed by atoms with Gasteiger partial charge in [0.15, 0.2) is 5.82 Å². The van der Waals surface area contributed by atoms with Gasteiger partial charge in [-0.3, -0.25) is 0 Å². The summed E-state index contributed by atoms with van der Waals surface area (Å²) in [6.45, 7) is 5.17. The molecule has 1 aliphatic carbocycles. The van der Waals surface area contributed by atoms with Crippen molar-refractivity contribution in [1.82, 2.24) is 15.2 Å². The summed E-state index contributed by atoms with van der Waals surface area (Å²) >= 11 is 0. The third-order valence-electron chi connectivity index (χ3n) is 4.35. The van der Waals surface area contributed by atoms with Crippen molar-refractivity contribution < 1.29 is 0 Å². The second kappa shape index (κ2) is 7.40. The molecule has 0 spiro atoms. The zero-order chi connectivity index (χ0) is 16.1. The summed E-state index contributed by atoms with van der Waals surface area (Å²) in [4.78, 5) is 6.95. The molecular formula is C18H25N5. The zero-order valence-corrected chi connectivity index (χ0v) is 13.9. The van der Waals surface area contributed by atoms with Crippen LogP contribution in [-0.2, 0) is 6.54 Å². The quantitative estimate of drug-likeness (QED) is 0.882. The maximum absolute atomic E-state index is 4.70. The third kappa shape index (κ3) is 4.18. The molecule has 0 saturated heterocycles. The summed E-state index contributed by atoms with van der Waals surface area (Å²) in [5.74, 6) is 1.52. The topological polar surface area (TPSA) is 53.9 Å². The van der Waals surface area contributed by atoms with Gasteiger partial charge in [0.1, 0.15) is 0 Å². The van der Waals surface area contributed by atoms with Gasteiger partial charge in [0.05, 0.1) is 6.20 Å². The van der Waals surface area contributed by atoms with Crippen LogP contribution in [0.15, 0.2) is 36.5 Å². The molecule has 0 amide bonds. The first-order valence-electron chi connectivity index (χ1n) is 8.49. The number of nitrogens with one attached hydrogen (secondary N) is 1. The zero-order valence-electron chi connectivity index (χ0n) is 13.9. The lowest BCUT2D eigenvalue weighted by Crippen LogP contribution is -2.31. The number of benzene rings is 1. The van der Waals surface area contributed by atoms with Gasteiger partial charge < -0.3 is 10.2 Å². The molecular weight excluding hydrogens is 286 g/mol. The number of hydrogen-bond acceptors (Lipinski definition) is 5. The summed E-state index contributed by atoms with van der Waals surface area (Å²) in [5.41, 5.74) is 1.27. The van der Waals surface area contributed by atoms with Gasteiger partial charge in [0, 0.05) is 18.6 Å². The highest BCUT2D eigenvalue weighted by Gasteiger charge is 2.18. The molecule has 3 rings (SSSR count). The standard InChI is InChI=1S/C18H25N5/c1-14(2)23(13-15-8-4-3-5-9-15)17-12-19-22-18(21-17)20-16-10-6-7-11-16/h3-5,8-9,12,14,16H,6-7,10-11,13H2,1-2H3,(H,20,21,22). The van der Waals surface area contributed by atoms with Gasteiger partial charge in [-0.05, 0) is 32.3 Å². The Morgan fingerprint density at radius 1 is 1.17 bits per heavy atom. The molecule has 1 saturated carbocycles. The van der Waals surface area contributed by atoms with Crippen LogP contribution in [0.25, 0.3) is 0 Å². The molecule has 1 fully saturated rings. The fourth-order valence-corrected chi connectivity index (χ4v) is 3.06. The fraction of sp³-hybridized carbons (Fsp3) is 0.500. The summed E-state index contributed by atoms with van der Waals surface area (Å²) in [7, 11) is 0. The van der Waals surface area contributed by atoms with Crippen LogP contribution >= 0.6 is 0 Å². The number of hydrogen-bond donors (Lipinski definition) is 1. The van der Waals surface area contributed by atoms with E-state index in [1.807, 2.05) is 6.07 Å². The van der Waals surface area contributed by atoms with E-state index in [-0.39, 0.29) is 0 Å². The number of rotatable bonds is 6. The maximum atomic E-state index is 4.70. The summed E-state index contributed by atoms with van der Waals surface area (Å²) < 4.78 is 0. The van der Waals surface area contributed by atoms with Gasteiger partial charge >= 0.3 is 0 Å². The minimum atomic E-state index is 0.339. The van der Waals surface area contributed by atoms with E-state index in [4.69, 9.17) is 4.98 Å². The van der Waals surface area contributed by atoms with E-state index in [9.17, 15) is 0 Å². The predicted molar refractivity (Wildman–Crippen MR) is 93.5 cm³/mol. The smallest absolute Gasteiger partial charge is 0.244 e. The van der Waals surface area contributed by atoms with Crippen molar-refractivity contribution in [3.8, 4) is 0 Å². The number of anilines is 2. The first kappa shape index (κ1) is 15.7. The Morgan fingerprint density at radius 3 is 2.61 bits per heavy atom. The van der Waals surface area contributed by atoms with Crippen LogP contribution in [0.1, 0.15) is 45.1 Å². The van der Waals surface area contributed by atoms with E-state index in [0.29, 0.717) is 18.0 Å². The lowest BCUT2D eigenvalue weighted by atomic mass is 10.2. The van der Waals surface area contributed by atoms with Crippen LogP contribution in [0.5, 0.6) is 0 Å². The lowest BCUT2D eigenvalue weighted by molar-refractivity contribution is 0.664. The molecule has 1 N–H and O–H groups in total. The summed E-state index contributed by atoms with van der Waals surface area (Å²) in [5, 5.41) is 11.7. The maximum Gasteiger partial charge on any atom is 0.244 e. The summed E-state index contributed by atoms with van der Waals surface area (Å²) in [6.07, 6.45) is 6.73. The fourth-order valence-electron chi connectivity index (χ4n) is 3.06. The highest BCUT2D eigenvalue weighted by atomic mass is 15.3. The highest BCUT2D eigenvalue weighted by Crippen LogP contribution is 2.22. The molecule has 1 aromatic heterocycles. The molecule has 5 heteroatoms. The molecule has 1 aromatic carbocycles. The van der Waals surface area contributed by atoms with E-state index >= 15 is 0 Å². The van der Waals surface area contributed by atoms with Crippen LogP contribution in [0.2, 0.25) is 0 Å². The Balaban J connectivity index is 1.76. The average Bonchev–Trinajstić information content (AvgIpc) is 3.06. The molecule has 0 bridgehead atoms. The van der Waals surface area contributed by atoms with E-state index < -0.39 is 0 Å². The minimum absolute atomic E-state index is 0.339. The molecule has 2 aromatic rings. The Hall–Kier alpha value is -2.17. The molecule has 0 aliphatic heterocycles. The molecule has 0 atom stereocenters. The lowest BCUT2D eigenvalue weighted by Gasteiger charge is -2.28. The SMILES string of the molecule is CC(C)N(Cc1ccccc1)c1cnnc(NC2CCCC2)n1. The van der Waals surface area contributed by atoms with Crippen molar-refractivity contribution in [3.63, 3.8) is 0 Å². The van der Waals surface area contributed by atoms with Crippen molar-refractivity contribution in [2.24, 2.45) is 0 Å². The van der Waals surface area contributed by atoms with Crippen LogP contribution in [0.3, 0.4) is 0 Å². The average molecular weight is 311 g/mol. The van der Waals surface area contributed by atoms with Crippen LogP contribution < -0.4 is 10.2 Å².